The Morgan fingerprint density at radius 3 is 1.84 bits per heavy atom. The Bertz CT molecular complexity index is 964. The van der Waals surface area contributed by atoms with Gasteiger partial charge < -0.3 is 10.2 Å². The van der Waals surface area contributed by atoms with E-state index in [-0.39, 0.29) is 24.9 Å². The quantitative estimate of drug-likeness (QED) is 0.521. The largest absolute Gasteiger partial charge is 0.333 e. The normalized spacial score (nSPS) is 10.7. The molecule has 166 valence electrons. The highest BCUT2D eigenvalue weighted by molar-refractivity contribution is 5.93. The van der Waals surface area contributed by atoms with Crippen LogP contribution in [0.5, 0.6) is 0 Å². The Hall–Kier alpha value is -3.44. The van der Waals surface area contributed by atoms with Crippen molar-refractivity contribution in [3.8, 4) is 0 Å². The van der Waals surface area contributed by atoms with E-state index in [0.717, 1.165) is 28.8 Å². The Morgan fingerprint density at radius 2 is 1.28 bits per heavy atom. The number of hydrogen-bond acceptors (Lipinski definition) is 3. The minimum absolute atomic E-state index is 0.0121. The zero-order valence-corrected chi connectivity index (χ0v) is 18.8. The van der Waals surface area contributed by atoms with Crippen molar-refractivity contribution >= 4 is 17.5 Å². The number of anilines is 1. The predicted octanol–water partition coefficient (Wildman–Crippen LogP) is 4.35. The van der Waals surface area contributed by atoms with E-state index in [1.807, 2.05) is 89.8 Å². The lowest BCUT2D eigenvalue weighted by atomic mass is 10.1. The van der Waals surface area contributed by atoms with E-state index in [2.05, 4.69) is 12.2 Å². The van der Waals surface area contributed by atoms with Crippen molar-refractivity contribution in [2.24, 2.45) is 0 Å². The summed E-state index contributed by atoms with van der Waals surface area (Å²) in [5, 5.41) is 2.97. The van der Waals surface area contributed by atoms with Crippen molar-refractivity contribution in [3.05, 3.63) is 102 Å². The number of aryl methyl sites for hydroxylation is 1. The molecule has 0 aliphatic carbocycles. The summed E-state index contributed by atoms with van der Waals surface area (Å²) >= 11 is 0. The standard InChI is InChI=1S/C27H31N3O2/c1-3-24-16-10-11-17-25(24)28-26(31)20-29(2)21-27(32)30(18-22-12-6-4-7-13-22)19-23-14-8-5-9-15-23/h4-17H,3,18-21H2,1-2H3,(H,28,31). The van der Waals surface area contributed by atoms with Gasteiger partial charge in [0.15, 0.2) is 0 Å². The number of nitrogens with zero attached hydrogens (tertiary/aromatic N) is 2. The number of benzene rings is 3. The average molecular weight is 430 g/mol. The van der Waals surface area contributed by atoms with Crippen LogP contribution in [0.1, 0.15) is 23.6 Å². The number of amides is 2. The average Bonchev–Trinajstić information content (AvgIpc) is 2.80. The minimum atomic E-state index is -0.126. The highest BCUT2D eigenvalue weighted by Crippen LogP contribution is 2.15. The summed E-state index contributed by atoms with van der Waals surface area (Å²) in [6.45, 7) is 3.43. The molecule has 0 spiro atoms. The molecule has 2 amide bonds. The highest BCUT2D eigenvalue weighted by atomic mass is 16.2. The third-order valence-electron chi connectivity index (χ3n) is 5.28. The number of likely N-dealkylation sites (N-methyl/N-ethyl adjacent to an activating group) is 1. The molecule has 3 aromatic rings. The Morgan fingerprint density at radius 1 is 0.750 bits per heavy atom. The van der Waals surface area contributed by atoms with Gasteiger partial charge in [-0.05, 0) is 36.2 Å². The Labute approximate surface area is 190 Å². The number of hydrogen-bond donors (Lipinski definition) is 1. The van der Waals surface area contributed by atoms with Crippen molar-refractivity contribution in [3.63, 3.8) is 0 Å². The van der Waals surface area contributed by atoms with Crippen LogP contribution in [0.25, 0.3) is 0 Å². The molecular weight excluding hydrogens is 398 g/mol. The molecule has 32 heavy (non-hydrogen) atoms. The van der Waals surface area contributed by atoms with Crippen molar-refractivity contribution in [1.29, 1.82) is 0 Å². The molecule has 3 aromatic carbocycles. The van der Waals surface area contributed by atoms with Crippen molar-refractivity contribution in [2.75, 3.05) is 25.5 Å². The van der Waals surface area contributed by atoms with Crippen LogP contribution < -0.4 is 5.32 Å². The molecule has 0 bridgehead atoms. The van der Waals surface area contributed by atoms with Gasteiger partial charge in [0.25, 0.3) is 0 Å². The summed E-state index contributed by atoms with van der Waals surface area (Å²) in [5.41, 5.74) is 4.08. The lowest BCUT2D eigenvalue weighted by Gasteiger charge is -2.26. The van der Waals surface area contributed by atoms with Gasteiger partial charge in [-0.1, -0.05) is 85.8 Å². The van der Waals surface area contributed by atoms with E-state index in [1.165, 1.54) is 0 Å². The molecule has 0 saturated carbocycles. The number of nitrogens with one attached hydrogen (secondary N) is 1. The van der Waals surface area contributed by atoms with Crippen LogP contribution in [-0.4, -0.2) is 41.8 Å². The first-order chi connectivity index (χ1) is 15.5. The molecule has 0 atom stereocenters. The fourth-order valence-electron chi connectivity index (χ4n) is 3.61. The second-order valence-electron chi connectivity index (χ2n) is 7.95. The van der Waals surface area contributed by atoms with Crippen LogP contribution >= 0.6 is 0 Å². The van der Waals surface area contributed by atoms with Gasteiger partial charge in [-0.3, -0.25) is 14.5 Å². The lowest BCUT2D eigenvalue weighted by molar-refractivity contribution is -0.133. The van der Waals surface area contributed by atoms with Gasteiger partial charge in [-0.15, -0.1) is 0 Å². The molecule has 0 saturated heterocycles. The van der Waals surface area contributed by atoms with Crippen LogP contribution in [0, 0.1) is 0 Å². The summed E-state index contributed by atoms with van der Waals surface area (Å²) in [6.07, 6.45) is 0.846. The number of para-hydroxylation sites is 1. The van der Waals surface area contributed by atoms with E-state index in [0.29, 0.717) is 13.1 Å². The van der Waals surface area contributed by atoms with Crippen molar-refractivity contribution in [2.45, 2.75) is 26.4 Å². The first kappa shape index (κ1) is 23.2. The van der Waals surface area contributed by atoms with E-state index in [4.69, 9.17) is 0 Å². The highest BCUT2D eigenvalue weighted by Gasteiger charge is 2.18. The molecule has 3 rings (SSSR count). The lowest BCUT2D eigenvalue weighted by Crippen LogP contribution is -2.41. The molecule has 0 fully saturated rings. The smallest absolute Gasteiger partial charge is 0.238 e. The van der Waals surface area contributed by atoms with Crippen LogP contribution in [0.2, 0.25) is 0 Å². The number of carbonyl (C=O) groups excluding carboxylic acids is 2. The van der Waals surface area contributed by atoms with Gasteiger partial charge in [0.1, 0.15) is 0 Å². The van der Waals surface area contributed by atoms with Gasteiger partial charge in [-0.25, -0.2) is 0 Å². The molecule has 5 nitrogen and oxygen atoms in total. The minimum Gasteiger partial charge on any atom is -0.333 e. The molecule has 0 aliphatic heterocycles. The Kier molecular flexibility index (Phi) is 8.58. The van der Waals surface area contributed by atoms with Crippen LogP contribution in [0.4, 0.5) is 5.69 Å². The predicted molar refractivity (Wildman–Crippen MR) is 129 cm³/mol. The zero-order valence-electron chi connectivity index (χ0n) is 18.8. The van der Waals surface area contributed by atoms with Gasteiger partial charge in [0.05, 0.1) is 13.1 Å². The molecule has 0 radical (unpaired) electrons. The number of carbonyl (C=O) groups is 2. The molecule has 0 heterocycles. The summed E-state index contributed by atoms with van der Waals surface area (Å²) < 4.78 is 0. The third-order valence-corrected chi connectivity index (χ3v) is 5.28. The SMILES string of the molecule is CCc1ccccc1NC(=O)CN(C)CC(=O)N(Cc1ccccc1)Cc1ccccc1. The monoisotopic (exact) mass is 429 g/mol. The van der Waals surface area contributed by atoms with Gasteiger partial charge in [0, 0.05) is 18.8 Å². The van der Waals surface area contributed by atoms with E-state index >= 15 is 0 Å². The Balaban J connectivity index is 1.61. The van der Waals surface area contributed by atoms with Crippen LogP contribution in [-0.2, 0) is 29.1 Å². The van der Waals surface area contributed by atoms with E-state index in [1.54, 1.807) is 11.9 Å². The topological polar surface area (TPSA) is 52.7 Å². The van der Waals surface area contributed by atoms with E-state index in [9.17, 15) is 9.59 Å². The summed E-state index contributed by atoms with van der Waals surface area (Å²) in [5.74, 6) is -0.138. The van der Waals surface area contributed by atoms with E-state index < -0.39 is 0 Å². The third kappa shape index (κ3) is 7.06. The fourth-order valence-corrected chi connectivity index (χ4v) is 3.61. The van der Waals surface area contributed by atoms with Gasteiger partial charge in [0.2, 0.25) is 11.8 Å². The number of rotatable bonds is 10. The van der Waals surface area contributed by atoms with Gasteiger partial charge in [-0.2, -0.15) is 0 Å². The first-order valence-corrected chi connectivity index (χ1v) is 11.0. The van der Waals surface area contributed by atoms with Crippen molar-refractivity contribution in [1.82, 2.24) is 9.80 Å². The maximum Gasteiger partial charge on any atom is 0.238 e. The van der Waals surface area contributed by atoms with Gasteiger partial charge >= 0.3 is 0 Å². The van der Waals surface area contributed by atoms with Crippen LogP contribution in [0.15, 0.2) is 84.9 Å². The van der Waals surface area contributed by atoms with Crippen LogP contribution in [0.3, 0.4) is 0 Å². The second-order valence-corrected chi connectivity index (χ2v) is 7.95. The van der Waals surface area contributed by atoms with Crippen molar-refractivity contribution < 1.29 is 9.59 Å². The second kappa shape index (κ2) is 11.8. The first-order valence-electron chi connectivity index (χ1n) is 11.0. The molecule has 1 N–H and O–H groups in total. The summed E-state index contributed by atoms with van der Waals surface area (Å²) in [6, 6.07) is 27.7. The molecular formula is C27H31N3O2. The molecule has 0 aromatic heterocycles. The fraction of sp³-hybridized carbons (Fsp3) is 0.259. The summed E-state index contributed by atoms with van der Waals surface area (Å²) in [4.78, 5) is 29.3. The molecule has 0 unspecified atom stereocenters. The maximum absolute atomic E-state index is 13.2. The summed E-state index contributed by atoms with van der Waals surface area (Å²) in [7, 11) is 1.80. The molecule has 5 heteroatoms. The zero-order chi connectivity index (χ0) is 22.8. The molecule has 0 aliphatic rings. The maximum atomic E-state index is 13.2.